The van der Waals surface area contributed by atoms with E-state index in [-0.39, 0.29) is 109 Å². The Bertz CT molecular complexity index is 4170. The van der Waals surface area contributed by atoms with Crippen LogP contribution in [0.15, 0.2) is 179 Å². The summed E-state index contributed by atoms with van der Waals surface area (Å²) < 4.78 is 30.4. The van der Waals surface area contributed by atoms with Crippen molar-refractivity contribution in [1.29, 1.82) is 0 Å². The van der Waals surface area contributed by atoms with Gasteiger partial charge in [-0.25, -0.2) is 9.59 Å². The van der Waals surface area contributed by atoms with Gasteiger partial charge >= 0.3 is 11.9 Å². The maximum atomic E-state index is 12.7. The van der Waals surface area contributed by atoms with Gasteiger partial charge in [-0.3, -0.25) is 0 Å². The molecule has 0 fully saturated rings. The Morgan fingerprint density at radius 2 is 0.856 bits per heavy atom. The molecule has 0 spiro atoms. The molecule has 0 saturated carbocycles. The van der Waals surface area contributed by atoms with E-state index in [1.807, 2.05) is 48.5 Å². The Kier molecular flexibility index (Phi) is 15.5. The van der Waals surface area contributed by atoms with Crippen LogP contribution in [0, 0.1) is 0 Å². The predicted molar refractivity (Wildman–Crippen MR) is 341 cm³/mol. The van der Waals surface area contributed by atoms with Gasteiger partial charge in [0, 0.05) is 105 Å². The van der Waals surface area contributed by atoms with E-state index in [0.29, 0.717) is 11.1 Å². The zero-order valence-electron chi connectivity index (χ0n) is 52.5. The van der Waals surface area contributed by atoms with Crippen LogP contribution in [-0.4, -0.2) is 93.3 Å². The second kappa shape index (κ2) is 22.8. The molecule has 14 heteroatoms. The van der Waals surface area contributed by atoms with Crippen LogP contribution in [0.1, 0.15) is 146 Å². The highest BCUT2D eigenvalue weighted by Gasteiger charge is 2.57. The van der Waals surface area contributed by atoms with Crippen LogP contribution in [0.4, 0.5) is 22.7 Å². The average molecular weight is 1250 g/mol. The Labute approximate surface area is 540 Å². The molecule has 10 heterocycles. The quantitative estimate of drug-likeness (QED) is 0.123. The van der Waals surface area contributed by atoms with E-state index in [2.05, 4.69) is 147 Å². The van der Waals surface area contributed by atoms with Crippen molar-refractivity contribution in [2.45, 2.75) is 154 Å². The van der Waals surface area contributed by atoms with Gasteiger partial charge in [0.1, 0.15) is 13.2 Å². The summed E-state index contributed by atoms with van der Waals surface area (Å²) >= 11 is 0. The normalized spacial score (nSPS) is 23.1. The van der Waals surface area contributed by atoms with Crippen molar-refractivity contribution in [2.24, 2.45) is 0 Å². The lowest BCUT2D eigenvalue weighted by Crippen LogP contribution is -3.00. The lowest BCUT2D eigenvalue weighted by molar-refractivity contribution is -0.445. The van der Waals surface area contributed by atoms with E-state index >= 15 is 0 Å². The highest BCUT2D eigenvalue weighted by Crippen LogP contribution is 2.57. The summed E-state index contributed by atoms with van der Waals surface area (Å²) in [6.45, 7) is 22.8. The first kappa shape index (κ1) is 61.4. The van der Waals surface area contributed by atoms with Crippen molar-refractivity contribution >= 4 is 46.1 Å². The first-order valence-electron chi connectivity index (χ1n) is 31.7. The molecule has 90 heavy (non-hydrogen) atoms. The Hall–Kier alpha value is -7.42. The minimum absolute atomic E-state index is 0. The fourth-order valence-electron chi connectivity index (χ4n) is 16.8. The van der Waals surface area contributed by atoms with E-state index in [1.54, 1.807) is 24.3 Å². The first-order valence-corrected chi connectivity index (χ1v) is 31.7. The van der Waals surface area contributed by atoms with Crippen LogP contribution in [0.3, 0.4) is 0 Å². The molecule has 0 radical (unpaired) electrons. The van der Waals surface area contributed by atoms with E-state index in [1.165, 1.54) is 90.1 Å². The number of halogens is 2. The molecule has 2 N–H and O–H groups in total. The summed E-state index contributed by atoms with van der Waals surface area (Å²) in [7, 11) is 0. The molecule has 6 aromatic rings. The number of aliphatic hydroxyl groups excluding tert-OH is 2. The molecule has 10 aliphatic heterocycles. The molecular formula is C76H78Cl2N4O8. The second-order valence-corrected chi connectivity index (χ2v) is 27.6. The zero-order valence-corrected chi connectivity index (χ0v) is 54.1. The molecule has 0 aromatic heterocycles. The fraction of sp³-hybridized carbons (Fsp3) is 0.368. The predicted octanol–water partition coefficient (Wildman–Crippen LogP) is 6.94. The number of carbonyl (C=O) groups is 2. The molecule has 0 saturated heterocycles. The maximum Gasteiger partial charge on any atom is 0.338 e. The smallest absolute Gasteiger partial charge is 0.338 e. The van der Waals surface area contributed by atoms with Gasteiger partial charge in [-0.05, 0) is 147 Å². The zero-order chi connectivity index (χ0) is 60.8. The van der Waals surface area contributed by atoms with Crippen LogP contribution in [0.25, 0.3) is 0 Å². The van der Waals surface area contributed by atoms with Crippen LogP contribution in [0.2, 0.25) is 0 Å². The van der Waals surface area contributed by atoms with E-state index in [9.17, 15) is 19.8 Å². The van der Waals surface area contributed by atoms with Gasteiger partial charge in [-0.1, -0.05) is 88.4 Å². The highest BCUT2D eigenvalue weighted by molar-refractivity contribution is 6.10. The third kappa shape index (κ3) is 9.60. The summed E-state index contributed by atoms with van der Waals surface area (Å²) in [5.74, 6) is -0.630. The van der Waals surface area contributed by atoms with Crippen molar-refractivity contribution in [2.75, 3.05) is 36.0 Å². The number of hydrogen-bond donors (Lipinski definition) is 2. The van der Waals surface area contributed by atoms with E-state index in [4.69, 9.17) is 18.9 Å². The minimum Gasteiger partial charge on any atom is -1.00 e. The molecule has 0 aliphatic carbocycles. The number of hydrogen-bond acceptors (Lipinski definition) is 10. The number of esters is 2. The summed E-state index contributed by atoms with van der Waals surface area (Å²) in [5.41, 5.74) is 24.7. The second-order valence-electron chi connectivity index (χ2n) is 27.6. The monoisotopic (exact) mass is 1240 g/mol. The van der Waals surface area contributed by atoms with Crippen molar-refractivity contribution < 1.29 is 72.7 Å². The lowest BCUT2D eigenvalue weighted by atomic mass is 9.73. The molecule has 464 valence electrons. The highest BCUT2D eigenvalue weighted by atomic mass is 35.5. The van der Waals surface area contributed by atoms with Gasteiger partial charge in [0.25, 0.3) is 0 Å². The molecule has 0 amide bonds. The number of rotatable bonds is 8. The lowest BCUT2D eigenvalue weighted by Gasteiger charge is -2.42. The Morgan fingerprint density at radius 1 is 0.478 bits per heavy atom. The van der Waals surface area contributed by atoms with Gasteiger partial charge < -0.3 is 63.8 Å². The third-order valence-electron chi connectivity index (χ3n) is 20.9. The number of nitrogens with zero attached hydrogens (tertiary/aromatic N) is 4. The van der Waals surface area contributed by atoms with Crippen LogP contribution in [-0.2, 0) is 67.0 Å². The molecule has 6 aromatic carbocycles. The van der Waals surface area contributed by atoms with Crippen LogP contribution < -0.4 is 34.6 Å². The topological polar surface area (TPSA) is 124 Å². The Balaban J connectivity index is 0.000000172. The molecular weight excluding hydrogens is 1170 g/mol. The minimum atomic E-state index is -0.315. The number of anilines is 2. The van der Waals surface area contributed by atoms with Crippen molar-refractivity contribution in [3.63, 3.8) is 0 Å². The van der Waals surface area contributed by atoms with Crippen molar-refractivity contribution in [1.82, 2.24) is 0 Å². The van der Waals surface area contributed by atoms with Gasteiger partial charge in [-0.2, -0.15) is 9.15 Å². The number of carbonyl (C=O) groups excluding carboxylic acids is 2. The molecule has 10 aliphatic rings. The van der Waals surface area contributed by atoms with Gasteiger partial charge in [0.05, 0.1) is 59.6 Å². The summed E-state index contributed by atoms with van der Waals surface area (Å²) in [6, 6.07) is 44.1. The molecule has 4 unspecified atom stereocenters. The average Bonchev–Trinajstić information content (AvgIpc) is 1.54. The Morgan fingerprint density at radius 3 is 1.29 bits per heavy atom. The van der Waals surface area contributed by atoms with Crippen LogP contribution in [0.5, 0.6) is 0 Å². The molecule has 16 rings (SSSR count). The molecule has 0 bridgehead atoms. The first-order chi connectivity index (χ1) is 42.4. The largest absolute Gasteiger partial charge is 1.00 e. The molecule has 4 atom stereocenters. The fourth-order valence-corrected chi connectivity index (χ4v) is 16.8. The SMILES string of the molecule is CC1(C)C2=C3C=C4C5=[N+](CCC4OC3CCN2c2ccc(CO)cc21)c1ccc(CO)cc1C5(C)C.CC1(C)C2=C3C=C4C5=[N+](CCC4OC3CCN2c2ccc(COC(=O)c3ccccc3)cc21)c1ccc(COC(=O)c2ccccc2)cc1C5(C)C.[Cl-].[Cl-]. The van der Waals surface area contributed by atoms with Gasteiger partial charge in [0.15, 0.2) is 24.5 Å². The van der Waals surface area contributed by atoms with Gasteiger partial charge in [-0.15, -0.1) is 0 Å². The van der Waals surface area contributed by atoms with E-state index < -0.39 is 0 Å². The van der Waals surface area contributed by atoms with Crippen molar-refractivity contribution in [3.05, 3.63) is 235 Å². The standard InChI is InChI=1S/C45H43N2O5.C31H35N2O3.2ClH/c1-44(2)34-23-28(26-50-42(48)30-11-7-5-8-12-30)15-17-36(34)46-21-19-38-32(40(44)46)25-33-39(52-38)20-22-47-37-18-16-29(24-35(37)45(3,4)41(33)47)27-51-43(49)31-13-9-6-10-14-31;1-30(2)22-13-18(16-34)5-7-24(22)32-11-9-26-20(28(30)32)15-21-27(36-26)10-12-33-25-8-6-19(17-35)14-23(25)31(3,4)29(21)33;;/h5-18,23-25,38-39H,19-22,26-27H2,1-4H3;5-8,13-15,26-27,34-35H,9-12,16-17H2,1-4H3;2*1H/q2*+1;;/p-2. The van der Waals surface area contributed by atoms with E-state index in [0.717, 1.165) is 74.1 Å². The number of ether oxygens (including phenoxy) is 4. The summed E-state index contributed by atoms with van der Waals surface area (Å²) in [5, 5.41) is 19.6. The van der Waals surface area contributed by atoms with Gasteiger partial charge in [0.2, 0.25) is 11.4 Å². The summed E-state index contributed by atoms with van der Waals surface area (Å²) in [4.78, 5) is 30.4. The van der Waals surface area contributed by atoms with Crippen LogP contribution >= 0.6 is 0 Å². The third-order valence-corrected chi connectivity index (χ3v) is 20.9. The summed E-state index contributed by atoms with van der Waals surface area (Å²) in [6.07, 6.45) is 9.11. The number of fused-ring (bicyclic) bond motifs is 16. The molecule has 12 nitrogen and oxygen atoms in total. The number of aliphatic hydroxyl groups is 2. The number of benzene rings is 6. The van der Waals surface area contributed by atoms with Crippen molar-refractivity contribution in [3.8, 4) is 0 Å². The maximum absolute atomic E-state index is 12.7. The number of allylic oxidation sites excluding steroid dienone is 2.